The van der Waals surface area contributed by atoms with Crippen LogP contribution in [0.5, 0.6) is 5.75 Å². The van der Waals surface area contributed by atoms with Gasteiger partial charge < -0.3 is 19.3 Å². The van der Waals surface area contributed by atoms with Crippen molar-refractivity contribution >= 4 is 0 Å². The van der Waals surface area contributed by atoms with Crippen LogP contribution in [-0.2, 0) is 9.47 Å². The normalized spacial score (nSPS) is 12.3. The average Bonchev–Trinajstić information content (AvgIpc) is 2.49. The molecule has 0 aromatic heterocycles. The molecule has 0 aliphatic rings. The Balaban J connectivity index is 2.23. The predicted molar refractivity (Wildman–Crippen MR) is 79.1 cm³/mol. The van der Waals surface area contributed by atoms with E-state index in [1.165, 1.54) is 0 Å². The molecule has 0 bridgehead atoms. The molecule has 0 aliphatic carbocycles. The number of hydrogen-bond donors (Lipinski definition) is 1. The van der Waals surface area contributed by atoms with E-state index in [1.54, 1.807) is 0 Å². The maximum absolute atomic E-state index is 9.98. The zero-order valence-corrected chi connectivity index (χ0v) is 12.5. The largest absolute Gasteiger partial charge is 0.494 e. The monoisotopic (exact) mass is 282 g/mol. The summed E-state index contributed by atoms with van der Waals surface area (Å²) in [7, 11) is 0. The summed E-state index contributed by atoms with van der Waals surface area (Å²) in [6.07, 6.45) is 1.38. The molecule has 0 fully saturated rings. The van der Waals surface area contributed by atoms with E-state index in [0.717, 1.165) is 30.8 Å². The van der Waals surface area contributed by atoms with E-state index in [-0.39, 0.29) is 6.61 Å². The Morgan fingerprint density at radius 3 is 2.20 bits per heavy atom. The van der Waals surface area contributed by atoms with E-state index in [4.69, 9.17) is 14.2 Å². The first-order valence-electron chi connectivity index (χ1n) is 7.34. The van der Waals surface area contributed by atoms with Crippen molar-refractivity contribution in [2.24, 2.45) is 0 Å². The molecule has 0 radical (unpaired) electrons. The fourth-order valence-corrected chi connectivity index (χ4v) is 1.66. The first-order chi connectivity index (χ1) is 9.77. The molecule has 0 amide bonds. The van der Waals surface area contributed by atoms with E-state index in [9.17, 15) is 5.11 Å². The SMILES string of the molecule is CCCOCCOCC(O)c1ccc(OCCC)cc1. The van der Waals surface area contributed by atoms with Gasteiger partial charge in [-0.25, -0.2) is 0 Å². The highest BCUT2D eigenvalue weighted by molar-refractivity contribution is 5.28. The van der Waals surface area contributed by atoms with Gasteiger partial charge in [0.25, 0.3) is 0 Å². The smallest absolute Gasteiger partial charge is 0.119 e. The van der Waals surface area contributed by atoms with Gasteiger partial charge in [0.2, 0.25) is 0 Å². The van der Waals surface area contributed by atoms with Crippen LogP contribution in [0.25, 0.3) is 0 Å². The van der Waals surface area contributed by atoms with Crippen LogP contribution in [0.3, 0.4) is 0 Å². The maximum atomic E-state index is 9.98. The van der Waals surface area contributed by atoms with Crippen LogP contribution in [0.2, 0.25) is 0 Å². The van der Waals surface area contributed by atoms with E-state index in [1.807, 2.05) is 24.3 Å². The molecule has 0 heterocycles. The number of rotatable bonds is 11. The Morgan fingerprint density at radius 1 is 0.900 bits per heavy atom. The average molecular weight is 282 g/mol. The van der Waals surface area contributed by atoms with Crippen molar-refractivity contribution in [3.05, 3.63) is 29.8 Å². The van der Waals surface area contributed by atoms with E-state index in [2.05, 4.69) is 13.8 Å². The minimum Gasteiger partial charge on any atom is -0.494 e. The van der Waals surface area contributed by atoms with Gasteiger partial charge >= 0.3 is 0 Å². The molecular formula is C16H26O4. The molecular weight excluding hydrogens is 256 g/mol. The Kier molecular flexibility index (Phi) is 9.04. The number of hydrogen-bond acceptors (Lipinski definition) is 4. The van der Waals surface area contributed by atoms with Crippen molar-refractivity contribution < 1.29 is 19.3 Å². The van der Waals surface area contributed by atoms with Crippen molar-refractivity contribution in [1.29, 1.82) is 0 Å². The lowest BCUT2D eigenvalue weighted by Gasteiger charge is -2.12. The lowest BCUT2D eigenvalue weighted by atomic mass is 10.1. The van der Waals surface area contributed by atoms with Crippen LogP contribution in [0.1, 0.15) is 38.4 Å². The summed E-state index contributed by atoms with van der Waals surface area (Å²) >= 11 is 0. The van der Waals surface area contributed by atoms with Gasteiger partial charge in [-0.1, -0.05) is 26.0 Å². The number of aliphatic hydroxyl groups excluding tert-OH is 1. The van der Waals surface area contributed by atoms with E-state index in [0.29, 0.717) is 19.8 Å². The molecule has 1 aromatic carbocycles. The molecule has 0 saturated heterocycles. The molecule has 0 saturated carbocycles. The number of benzene rings is 1. The zero-order chi connectivity index (χ0) is 14.6. The molecule has 1 atom stereocenters. The van der Waals surface area contributed by atoms with E-state index < -0.39 is 6.10 Å². The molecule has 1 unspecified atom stereocenters. The van der Waals surface area contributed by atoms with Crippen molar-refractivity contribution in [2.75, 3.05) is 33.0 Å². The summed E-state index contributed by atoms with van der Waals surface area (Å²) in [5.41, 5.74) is 0.836. The summed E-state index contributed by atoms with van der Waals surface area (Å²) in [5, 5.41) is 9.98. The van der Waals surface area contributed by atoms with Gasteiger partial charge in [0.15, 0.2) is 0 Å². The van der Waals surface area contributed by atoms with Gasteiger partial charge in [-0.3, -0.25) is 0 Å². The first kappa shape index (κ1) is 17.0. The zero-order valence-electron chi connectivity index (χ0n) is 12.5. The lowest BCUT2D eigenvalue weighted by molar-refractivity contribution is 0.00325. The highest BCUT2D eigenvalue weighted by atomic mass is 16.5. The first-order valence-corrected chi connectivity index (χ1v) is 7.34. The highest BCUT2D eigenvalue weighted by Crippen LogP contribution is 2.18. The van der Waals surface area contributed by atoms with Crippen LogP contribution in [0.4, 0.5) is 0 Å². The topological polar surface area (TPSA) is 47.9 Å². The predicted octanol–water partition coefficient (Wildman–Crippen LogP) is 2.95. The minimum atomic E-state index is -0.610. The number of aliphatic hydroxyl groups is 1. The summed E-state index contributed by atoms with van der Waals surface area (Å²) in [6.45, 7) is 6.97. The Hall–Kier alpha value is -1.10. The second-order valence-electron chi connectivity index (χ2n) is 4.62. The summed E-state index contributed by atoms with van der Waals surface area (Å²) < 4.78 is 16.2. The molecule has 0 aliphatic heterocycles. The van der Waals surface area contributed by atoms with Crippen molar-refractivity contribution in [1.82, 2.24) is 0 Å². The van der Waals surface area contributed by atoms with Crippen LogP contribution in [-0.4, -0.2) is 38.1 Å². The van der Waals surface area contributed by atoms with Crippen LogP contribution in [0.15, 0.2) is 24.3 Å². The maximum Gasteiger partial charge on any atom is 0.119 e. The van der Waals surface area contributed by atoms with Gasteiger partial charge in [0.05, 0.1) is 26.4 Å². The Labute approximate surface area is 121 Å². The molecule has 1 aromatic rings. The van der Waals surface area contributed by atoms with E-state index >= 15 is 0 Å². The van der Waals surface area contributed by atoms with Crippen molar-refractivity contribution in [3.8, 4) is 5.75 Å². The van der Waals surface area contributed by atoms with Gasteiger partial charge in [0, 0.05) is 6.61 Å². The molecule has 4 nitrogen and oxygen atoms in total. The molecule has 20 heavy (non-hydrogen) atoms. The third kappa shape index (κ3) is 6.89. The summed E-state index contributed by atoms with van der Waals surface area (Å²) in [5.74, 6) is 0.830. The fourth-order valence-electron chi connectivity index (χ4n) is 1.66. The Bertz CT molecular complexity index is 337. The van der Waals surface area contributed by atoms with Gasteiger partial charge in [-0.2, -0.15) is 0 Å². The molecule has 114 valence electrons. The van der Waals surface area contributed by atoms with Gasteiger partial charge in [-0.15, -0.1) is 0 Å². The Morgan fingerprint density at radius 2 is 1.55 bits per heavy atom. The highest BCUT2D eigenvalue weighted by Gasteiger charge is 2.07. The third-order valence-corrected chi connectivity index (χ3v) is 2.73. The molecule has 4 heteroatoms. The minimum absolute atomic E-state index is 0.282. The number of ether oxygens (including phenoxy) is 3. The van der Waals surface area contributed by atoms with Crippen molar-refractivity contribution in [3.63, 3.8) is 0 Å². The quantitative estimate of drug-likeness (QED) is 0.634. The lowest BCUT2D eigenvalue weighted by Crippen LogP contribution is -2.11. The molecule has 1 rings (SSSR count). The standard InChI is InChI=1S/C16H26O4/c1-3-9-18-11-12-19-13-16(17)14-5-7-15(8-6-14)20-10-4-2/h5-8,16-17H,3-4,9-13H2,1-2H3. The van der Waals surface area contributed by atoms with Crippen LogP contribution in [0, 0.1) is 0 Å². The molecule has 1 N–H and O–H groups in total. The third-order valence-electron chi connectivity index (χ3n) is 2.73. The summed E-state index contributed by atoms with van der Waals surface area (Å²) in [6, 6.07) is 7.48. The second-order valence-corrected chi connectivity index (χ2v) is 4.62. The van der Waals surface area contributed by atoms with Crippen molar-refractivity contribution in [2.45, 2.75) is 32.8 Å². The molecule has 0 spiro atoms. The van der Waals surface area contributed by atoms with Crippen LogP contribution >= 0.6 is 0 Å². The van der Waals surface area contributed by atoms with Gasteiger partial charge in [0.1, 0.15) is 11.9 Å². The fraction of sp³-hybridized carbons (Fsp3) is 0.625. The van der Waals surface area contributed by atoms with Gasteiger partial charge in [-0.05, 0) is 30.5 Å². The second kappa shape index (κ2) is 10.7. The van der Waals surface area contributed by atoms with Crippen LogP contribution < -0.4 is 4.74 Å². The summed E-state index contributed by atoms with van der Waals surface area (Å²) in [4.78, 5) is 0.